The van der Waals surface area contributed by atoms with E-state index in [1.54, 1.807) is 0 Å². The minimum Gasteiger partial charge on any atom is -0.271 e. The number of hydrogen-bond donors (Lipinski definition) is 2. The van der Waals surface area contributed by atoms with E-state index in [2.05, 4.69) is 43.5 Å². The second-order valence-electron chi connectivity index (χ2n) is 5.31. The van der Waals surface area contributed by atoms with E-state index >= 15 is 0 Å². The number of aryl methyl sites for hydroxylation is 1. The standard InChI is InChI=1S/C15H24N2/c1-3-12-7-5-8-13(10-12)15(17-16)14-9-4-6-11(14)2/h5,7-8,10-11,14-15,17H,3-4,6,9,16H2,1-2H3. The van der Waals surface area contributed by atoms with Crippen molar-refractivity contribution < 1.29 is 0 Å². The molecule has 0 amide bonds. The predicted molar refractivity (Wildman–Crippen MR) is 72.4 cm³/mol. The minimum atomic E-state index is 0.319. The van der Waals surface area contributed by atoms with E-state index in [9.17, 15) is 0 Å². The lowest BCUT2D eigenvalue weighted by atomic mass is 9.86. The van der Waals surface area contributed by atoms with Gasteiger partial charge in [-0.15, -0.1) is 0 Å². The molecule has 2 heteroatoms. The van der Waals surface area contributed by atoms with Crippen molar-refractivity contribution >= 4 is 0 Å². The number of hydrogen-bond acceptors (Lipinski definition) is 2. The fraction of sp³-hybridized carbons (Fsp3) is 0.600. The monoisotopic (exact) mass is 232 g/mol. The van der Waals surface area contributed by atoms with Gasteiger partial charge in [-0.3, -0.25) is 11.3 Å². The molecule has 0 bridgehead atoms. The number of benzene rings is 1. The smallest absolute Gasteiger partial charge is 0.0490 e. The van der Waals surface area contributed by atoms with Gasteiger partial charge in [0.2, 0.25) is 0 Å². The number of nitrogens with one attached hydrogen (secondary N) is 1. The van der Waals surface area contributed by atoms with Crippen LogP contribution < -0.4 is 11.3 Å². The third kappa shape index (κ3) is 2.70. The molecule has 1 saturated carbocycles. The van der Waals surface area contributed by atoms with Crippen LogP contribution in [0.2, 0.25) is 0 Å². The van der Waals surface area contributed by atoms with Gasteiger partial charge in [0, 0.05) is 6.04 Å². The molecule has 0 saturated heterocycles. The average molecular weight is 232 g/mol. The molecule has 17 heavy (non-hydrogen) atoms. The Morgan fingerprint density at radius 2 is 2.24 bits per heavy atom. The van der Waals surface area contributed by atoms with Crippen LogP contribution in [-0.2, 0) is 6.42 Å². The Balaban J connectivity index is 2.21. The molecule has 1 fully saturated rings. The molecule has 2 rings (SSSR count). The van der Waals surface area contributed by atoms with Crippen LogP contribution in [0.5, 0.6) is 0 Å². The van der Waals surface area contributed by atoms with Gasteiger partial charge in [-0.2, -0.15) is 0 Å². The SMILES string of the molecule is CCc1cccc(C(NN)C2CCCC2C)c1. The molecule has 3 N–H and O–H groups in total. The first-order valence-corrected chi connectivity index (χ1v) is 6.81. The molecule has 0 spiro atoms. The average Bonchev–Trinajstić information content (AvgIpc) is 2.77. The fourth-order valence-corrected chi connectivity index (χ4v) is 3.14. The van der Waals surface area contributed by atoms with Crippen LogP contribution in [0.1, 0.15) is 50.3 Å². The van der Waals surface area contributed by atoms with Gasteiger partial charge in [0.1, 0.15) is 0 Å². The van der Waals surface area contributed by atoms with Gasteiger partial charge >= 0.3 is 0 Å². The maximum Gasteiger partial charge on any atom is 0.0490 e. The van der Waals surface area contributed by atoms with E-state index in [0.29, 0.717) is 12.0 Å². The second kappa shape index (κ2) is 5.65. The van der Waals surface area contributed by atoms with Crippen LogP contribution in [0.3, 0.4) is 0 Å². The molecule has 1 aliphatic carbocycles. The molecule has 0 heterocycles. The summed E-state index contributed by atoms with van der Waals surface area (Å²) < 4.78 is 0. The highest BCUT2D eigenvalue weighted by atomic mass is 15.2. The zero-order valence-electron chi connectivity index (χ0n) is 10.9. The topological polar surface area (TPSA) is 38.0 Å². The minimum absolute atomic E-state index is 0.319. The Morgan fingerprint density at radius 1 is 1.41 bits per heavy atom. The highest BCUT2D eigenvalue weighted by Gasteiger charge is 2.31. The third-order valence-electron chi connectivity index (χ3n) is 4.25. The molecule has 0 aromatic heterocycles. The van der Waals surface area contributed by atoms with Gasteiger partial charge in [-0.1, -0.05) is 51.0 Å². The first kappa shape index (κ1) is 12.6. The van der Waals surface area contributed by atoms with Gasteiger partial charge in [-0.25, -0.2) is 0 Å². The summed E-state index contributed by atoms with van der Waals surface area (Å²) >= 11 is 0. The van der Waals surface area contributed by atoms with Crippen molar-refractivity contribution in [3.05, 3.63) is 35.4 Å². The Kier molecular flexibility index (Phi) is 4.19. The van der Waals surface area contributed by atoms with Gasteiger partial charge in [0.15, 0.2) is 0 Å². The number of nitrogens with two attached hydrogens (primary N) is 1. The molecule has 2 nitrogen and oxygen atoms in total. The molecule has 0 radical (unpaired) electrons. The van der Waals surface area contributed by atoms with Crippen LogP contribution in [0.15, 0.2) is 24.3 Å². The van der Waals surface area contributed by atoms with Crippen molar-refractivity contribution in [2.24, 2.45) is 17.7 Å². The zero-order chi connectivity index (χ0) is 12.3. The van der Waals surface area contributed by atoms with Gasteiger partial charge < -0.3 is 0 Å². The first-order valence-electron chi connectivity index (χ1n) is 6.81. The van der Waals surface area contributed by atoms with E-state index in [4.69, 9.17) is 5.84 Å². The molecule has 0 aliphatic heterocycles. The Bertz CT molecular complexity index is 362. The highest BCUT2D eigenvalue weighted by molar-refractivity contribution is 5.26. The number of rotatable bonds is 4. The highest BCUT2D eigenvalue weighted by Crippen LogP contribution is 2.39. The molecule has 1 aromatic carbocycles. The molecular formula is C15H24N2. The molecule has 3 atom stereocenters. The van der Waals surface area contributed by atoms with E-state index in [0.717, 1.165) is 12.3 Å². The van der Waals surface area contributed by atoms with Crippen molar-refractivity contribution in [1.29, 1.82) is 0 Å². The van der Waals surface area contributed by atoms with Gasteiger partial charge in [0.25, 0.3) is 0 Å². The van der Waals surface area contributed by atoms with Gasteiger partial charge in [-0.05, 0) is 35.8 Å². The largest absolute Gasteiger partial charge is 0.271 e. The summed E-state index contributed by atoms with van der Waals surface area (Å²) in [7, 11) is 0. The summed E-state index contributed by atoms with van der Waals surface area (Å²) in [4.78, 5) is 0. The summed E-state index contributed by atoms with van der Waals surface area (Å²) in [5, 5.41) is 0. The normalized spacial score (nSPS) is 26.1. The lowest BCUT2D eigenvalue weighted by molar-refractivity contribution is 0.304. The Labute approximate surface area is 105 Å². The van der Waals surface area contributed by atoms with Crippen LogP contribution in [0.4, 0.5) is 0 Å². The summed E-state index contributed by atoms with van der Waals surface area (Å²) in [6.07, 6.45) is 5.07. The third-order valence-corrected chi connectivity index (χ3v) is 4.25. The van der Waals surface area contributed by atoms with E-state index < -0.39 is 0 Å². The lowest BCUT2D eigenvalue weighted by Gasteiger charge is -2.27. The first-order chi connectivity index (χ1) is 8.26. The van der Waals surface area contributed by atoms with Crippen LogP contribution in [-0.4, -0.2) is 0 Å². The summed E-state index contributed by atoms with van der Waals surface area (Å²) in [6.45, 7) is 4.55. The second-order valence-corrected chi connectivity index (χ2v) is 5.31. The molecule has 3 unspecified atom stereocenters. The van der Waals surface area contributed by atoms with Crippen LogP contribution in [0, 0.1) is 11.8 Å². The van der Waals surface area contributed by atoms with E-state index in [-0.39, 0.29) is 0 Å². The predicted octanol–water partition coefficient (Wildman–Crippen LogP) is 3.19. The van der Waals surface area contributed by atoms with E-state index in [1.807, 2.05) is 0 Å². The van der Waals surface area contributed by atoms with E-state index in [1.165, 1.54) is 30.4 Å². The lowest BCUT2D eigenvalue weighted by Crippen LogP contribution is -2.34. The maximum atomic E-state index is 5.79. The van der Waals surface area contributed by atoms with Crippen molar-refractivity contribution in [3.63, 3.8) is 0 Å². The summed E-state index contributed by atoms with van der Waals surface area (Å²) in [5.41, 5.74) is 5.79. The fourth-order valence-electron chi connectivity index (χ4n) is 3.14. The Morgan fingerprint density at radius 3 is 2.82 bits per heavy atom. The molecule has 94 valence electrons. The molecular weight excluding hydrogens is 208 g/mol. The molecule has 1 aromatic rings. The van der Waals surface area contributed by atoms with Crippen molar-refractivity contribution in [2.45, 2.75) is 45.6 Å². The number of hydrazine groups is 1. The summed E-state index contributed by atoms with van der Waals surface area (Å²) in [5.74, 6) is 7.25. The van der Waals surface area contributed by atoms with Crippen LogP contribution in [0.25, 0.3) is 0 Å². The van der Waals surface area contributed by atoms with Gasteiger partial charge in [0.05, 0.1) is 0 Å². The van der Waals surface area contributed by atoms with Crippen molar-refractivity contribution in [1.82, 2.24) is 5.43 Å². The van der Waals surface area contributed by atoms with Crippen molar-refractivity contribution in [3.8, 4) is 0 Å². The quantitative estimate of drug-likeness (QED) is 0.618. The zero-order valence-corrected chi connectivity index (χ0v) is 10.9. The molecule has 1 aliphatic rings. The maximum absolute atomic E-state index is 5.79. The summed E-state index contributed by atoms with van der Waals surface area (Å²) in [6, 6.07) is 9.16. The Hall–Kier alpha value is -0.860. The van der Waals surface area contributed by atoms with Crippen molar-refractivity contribution in [2.75, 3.05) is 0 Å². The van der Waals surface area contributed by atoms with Crippen LogP contribution >= 0.6 is 0 Å².